The first-order chi connectivity index (χ1) is 9.98. The fourth-order valence-corrected chi connectivity index (χ4v) is 3.63. The summed E-state index contributed by atoms with van der Waals surface area (Å²) in [7, 11) is 0. The molecule has 2 heterocycles. The van der Waals surface area contributed by atoms with Gasteiger partial charge in [0, 0.05) is 18.0 Å². The Hall–Kier alpha value is -1.56. The van der Waals surface area contributed by atoms with Gasteiger partial charge in [0.05, 0.1) is 11.5 Å². The third-order valence-corrected chi connectivity index (χ3v) is 5.19. The minimum atomic E-state index is -0.786. The second-order valence-corrected chi connectivity index (χ2v) is 6.67. The lowest BCUT2D eigenvalue weighted by molar-refractivity contribution is -0.148. The van der Waals surface area contributed by atoms with Gasteiger partial charge in [0.25, 0.3) is 0 Å². The van der Waals surface area contributed by atoms with Crippen LogP contribution in [0.3, 0.4) is 0 Å². The zero-order valence-electron chi connectivity index (χ0n) is 12.5. The second-order valence-electron chi connectivity index (χ2n) is 5.69. The first kappa shape index (κ1) is 15.8. The van der Waals surface area contributed by atoms with E-state index in [1.54, 1.807) is 16.2 Å². The number of amides is 2. The van der Waals surface area contributed by atoms with Crippen LogP contribution in [0.15, 0.2) is 17.5 Å². The van der Waals surface area contributed by atoms with Crippen molar-refractivity contribution in [2.24, 2.45) is 5.41 Å². The molecule has 1 aliphatic rings. The summed E-state index contributed by atoms with van der Waals surface area (Å²) in [6.45, 7) is 4.73. The maximum absolute atomic E-state index is 12.3. The fourth-order valence-electron chi connectivity index (χ4n) is 2.90. The van der Waals surface area contributed by atoms with Gasteiger partial charge in [0.15, 0.2) is 0 Å². The lowest BCUT2D eigenvalue weighted by Crippen LogP contribution is -2.42. The zero-order valence-corrected chi connectivity index (χ0v) is 13.3. The molecule has 0 aromatic carbocycles. The van der Waals surface area contributed by atoms with Crippen molar-refractivity contribution in [1.82, 2.24) is 10.2 Å². The topological polar surface area (TPSA) is 69.6 Å². The summed E-state index contributed by atoms with van der Waals surface area (Å²) in [4.78, 5) is 26.6. The second kappa shape index (κ2) is 6.47. The number of hydrogen-bond acceptors (Lipinski definition) is 3. The van der Waals surface area contributed by atoms with Gasteiger partial charge < -0.3 is 15.3 Å². The van der Waals surface area contributed by atoms with Crippen LogP contribution in [0.1, 0.15) is 44.0 Å². The van der Waals surface area contributed by atoms with Gasteiger partial charge >= 0.3 is 12.0 Å². The molecule has 2 atom stereocenters. The Balaban J connectivity index is 1.97. The third-order valence-electron chi connectivity index (χ3n) is 4.13. The van der Waals surface area contributed by atoms with E-state index in [4.69, 9.17) is 0 Å². The number of nitrogens with one attached hydrogen (secondary N) is 1. The van der Waals surface area contributed by atoms with Crippen LogP contribution in [0.5, 0.6) is 0 Å². The van der Waals surface area contributed by atoms with Crippen LogP contribution in [-0.2, 0) is 4.79 Å². The number of thiophene rings is 1. The molecule has 1 aromatic heterocycles. The predicted molar refractivity (Wildman–Crippen MR) is 82.4 cm³/mol. The van der Waals surface area contributed by atoms with Gasteiger partial charge in [-0.1, -0.05) is 19.4 Å². The lowest BCUT2D eigenvalue weighted by atomic mass is 9.83. The van der Waals surface area contributed by atoms with Gasteiger partial charge in [0.1, 0.15) is 0 Å². The number of carbonyl (C=O) groups excluding carboxylic acids is 1. The number of urea groups is 1. The van der Waals surface area contributed by atoms with Crippen molar-refractivity contribution in [3.05, 3.63) is 22.4 Å². The molecule has 0 bridgehead atoms. The molecule has 2 rings (SSSR count). The van der Waals surface area contributed by atoms with Crippen LogP contribution >= 0.6 is 11.3 Å². The highest BCUT2D eigenvalue weighted by Crippen LogP contribution is 2.35. The van der Waals surface area contributed by atoms with Crippen molar-refractivity contribution in [2.45, 2.75) is 39.2 Å². The molecule has 116 valence electrons. The summed E-state index contributed by atoms with van der Waals surface area (Å²) in [5, 5.41) is 14.4. The van der Waals surface area contributed by atoms with Crippen LogP contribution in [0, 0.1) is 5.41 Å². The first-order valence-electron chi connectivity index (χ1n) is 7.31. The number of aliphatic carboxylic acids is 1. The largest absolute Gasteiger partial charge is 0.481 e. The first-order valence-corrected chi connectivity index (χ1v) is 8.19. The van der Waals surface area contributed by atoms with Crippen LogP contribution in [0.25, 0.3) is 0 Å². The maximum atomic E-state index is 12.3. The molecule has 2 unspecified atom stereocenters. The number of nitrogens with zero attached hydrogens (tertiary/aromatic N) is 1. The minimum Gasteiger partial charge on any atom is -0.481 e. The third kappa shape index (κ3) is 3.37. The van der Waals surface area contributed by atoms with Crippen LogP contribution in [0.4, 0.5) is 4.79 Å². The molecule has 2 amide bonds. The van der Waals surface area contributed by atoms with Crippen molar-refractivity contribution < 1.29 is 14.7 Å². The minimum absolute atomic E-state index is 0.0523. The van der Waals surface area contributed by atoms with Crippen molar-refractivity contribution in [3.63, 3.8) is 0 Å². The molecule has 1 aromatic rings. The fraction of sp³-hybridized carbons (Fsp3) is 0.600. The lowest BCUT2D eigenvalue weighted by Gasteiger charge is -2.25. The molecule has 0 aliphatic carbocycles. The molecule has 2 N–H and O–H groups in total. The number of carboxylic acids is 1. The van der Waals surface area contributed by atoms with Crippen molar-refractivity contribution in [2.75, 3.05) is 13.1 Å². The average Bonchev–Trinajstić information content (AvgIpc) is 3.09. The predicted octanol–water partition coefficient (Wildman–Crippen LogP) is 3.10. The van der Waals surface area contributed by atoms with Crippen molar-refractivity contribution >= 4 is 23.3 Å². The summed E-state index contributed by atoms with van der Waals surface area (Å²) >= 11 is 1.60. The van der Waals surface area contributed by atoms with Crippen molar-refractivity contribution in [1.29, 1.82) is 0 Å². The van der Waals surface area contributed by atoms with Gasteiger partial charge in [-0.15, -0.1) is 11.3 Å². The van der Waals surface area contributed by atoms with Crippen LogP contribution < -0.4 is 5.32 Å². The van der Waals surface area contributed by atoms with E-state index >= 15 is 0 Å². The number of rotatable bonds is 5. The number of likely N-dealkylation sites (tertiary alicyclic amines) is 1. The number of carboxylic acid groups (broad SMARTS) is 1. The molecule has 0 spiro atoms. The number of carbonyl (C=O) groups is 2. The summed E-state index contributed by atoms with van der Waals surface area (Å²) < 4.78 is 0. The molecule has 6 heteroatoms. The quantitative estimate of drug-likeness (QED) is 0.878. The van der Waals surface area contributed by atoms with Gasteiger partial charge in [-0.3, -0.25) is 4.79 Å². The van der Waals surface area contributed by atoms with E-state index in [1.807, 2.05) is 31.4 Å². The van der Waals surface area contributed by atoms with Crippen LogP contribution in [0.2, 0.25) is 0 Å². The normalized spacial score (nSPS) is 23.0. The molecule has 5 nitrogen and oxygen atoms in total. The Labute approximate surface area is 129 Å². The van der Waals surface area contributed by atoms with E-state index in [2.05, 4.69) is 5.32 Å². The molecule has 0 saturated carbocycles. The molecule has 1 fully saturated rings. The Morgan fingerprint density at radius 1 is 1.57 bits per heavy atom. The van der Waals surface area contributed by atoms with E-state index in [-0.39, 0.29) is 12.1 Å². The Morgan fingerprint density at radius 2 is 2.33 bits per heavy atom. The highest BCUT2D eigenvalue weighted by molar-refractivity contribution is 7.10. The summed E-state index contributed by atoms with van der Waals surface area (Å²) in [5.74, 6) is -0.786. The molecular weight excluding hydrogens is 288 g/mol. The SMILES string of the molecule is CCCC1(C(=O)O)CCN(C(=O)NC(C)c2cccs2)C1. The van der Waals surface area contributed by atoms with Gasteiger partial charge in [0.2, 0.25) is 0 Å². The summed E-state index contributed by atoms with van der Waals surface area (Å²) in [6.07, 6.45) is 1.97. The van der Waals surface area contributed by atoms with E-state index in [0.717, 1.165) is 11.3 Å². The van der Waals surface area contributed by atoms with Gasteiger partial charge in [-0.25, -0.2) is 4.79 Å². The van der Waals surface area contributed by atoms with E-state index in [1.165, 1.54) is 0 Å². The summed E-state index contributed by atoms with van der Waals surface area (Å²) in [6, 6.07) is 3.71. The smallest absolute Gasteiger partial charge is 0.317 e. The maximum Gasteiger partial charge on any atom is 0.317 e. The van der Waals surface area contributed by atoms with Crippen molar-refractivity contribution in [3.8, 4) is 0 Å². The van der Waals surface area contributed by atoms with Gasteiger partial charge in [-0.05, 0) is 31.2 Å². The van der Waals surface area contributed by atoms with Crippen LogP contribution in [-0.4, -0.2) is 35.1 Å². The molecule has 1 saturated heterocycles. The monoisotopic (exact) mass is 310 g/mol. The Bertz CT molecular complexity index is 503. The molecule has 1 aliphatic heterocycles. The van der Waals surface area contributed by atoms with Gasteiger partial charge in [-0.2, -0.15) is 0 Å². The number of hydrogen-bond donors (Lipinski definition) is 2. The molecular formula is C15H22N2O3S. The van der Waals surface area contributed by atoms with E-state index in [0.29, 0.717) is 25.9 Å². The van der Waals surface area contributed by atoms with E-state index in [9.17, 15) is 14.7 Å². The molecule has 21 heavy (non-hydrogen) atoms. The van der Waals surface area contributed by atoms with E-state index < -0.39 is 11.4 Å². The summed E-state index contributed by atoms with van der Waals surface area (Å²) in [5.41, 5.74) is -0.766. The Kier molecular flexibility index (Phi) is 4.88. The molecule has 0 radical (unpaired) electrons. The average molecular weight is 310 g/mol. The zero-order chi connectivity index (χ0) is 15.5. The standard InChI is InChI=1S/C15H22N2O3S/c1-3-6-15(13(18)19)7-8-17(10-15)14(20)16-11(2)12-5-4-9-21-12/h4-5,9,11H,3,6-8,10H2,1-2H3,(H,16,20)(H,18,19). The highest BCUT2D eigenvalue weighted by Gasteiger charge is 2.45. The Morgan fingerprint density at radius 3 is 2.90 bits per heavy atom. The highest BCUT2D eigenvalue weighted by atomic mass is 32.1.